The number of nitrogens with two attached hydrogens (primary N) is 1. The van der Waals surface area contributed by atoms with Crippen molar-refractivity contribution in [1.29, 1.82) is 0 Å². The van der Waals surface area contributed by atoms with Gasteiger partial charge in [0.1, 0.15) is 0 Å². The first-order valence-corrected chi connectivity index (χ1v) is 5.30. The fourth-order valence-electron chi connectivity index (χ4n) is 1.51. The van der Waals surface area contributed by atoms with Crippen molar-refractivity contribution >= 4 is 11.4 Å². The van der Waals surface area contributed by atoms with Crippen LogP contribution >= 0.6 is 0 Å². The Labute approximate surface area is 94.8 Å². The molecule has 0 fully saturated rings. The number of nitro groups is 1. The Morgan fingerprint density at radius 1 is 1.56 bits per heavy atom. The van der Waals surface area contributed by atoms with Crippen LogP contribution in [0.5, 0.6) is 0 Å². The van der Waals surface area contributed by atoms with Gasteiger partial charge in [0, 0.05) is 29.9 Å². The largest absolute Gasteiger partial charge is 0.381 e. The molecule has 0 aliphatic rings. The fourth-order valence-corrected chi connectivity index (χ4v) is 1.51. The van der Waals surface area contributed by atoms with Crippen molar-refractivity contribution in [2.24, 2.45) is 5.73 Å². The summed E-state index contributed by atoms with van der Waals surface area (Å²) in [6.07, 6.45) is 0.923. The predicted octanol–water partition coefficient (Wildman–Crippen LogP) is 2.05. The Hall–Kier alpha value is -1.62. The first kappa shape index (κ1) is 12.4. The molecule has 16 heavy (non-hydrogen) atoms. The van der Waals surface area contributed by atoms with Crippen molar-refractivity contribution in [3.05, 3.63) is 33.9 Å². The molecular weight excluding hydrogens is 206 g/mol. The molecule has 88 valence electrons. The van der Waals surface area contributed by atoms with Gasteiger partial charge in [-0.1, -0.05) is 6.92 Å². The molecule has 5 nitrogen and oxygen atoms in total. The smallest absolute Gasteiger partial charge is 0.272 e. The second-order valence-corrected chi connectivity index (χ2v) is 3.74. The van der Waals surface area contributed by atoms with Gasteiger partial charge in [-0.3, -0.25) is 10.1 Å². The van der Waals surface area contributed by atoms with E-state index < -0.39 is 0 Å². The highest BCUT2D eigenvalue weighted by Gasteiger charge is 2.11. The van der Waals surface area contributed by atoms with E-state index in [0.29, 0.717) is 12.1 Å². The molecular formula is C11H17N3O2. The molecule has 0 aliphatic heterocycles. The maximum atomic E-state index is 10.6. The quantitative estimate of drug-likeness (QED) is 0.591. The van der Waals surface area contributed by atoms with E-state index in [2.05, 4.69) is 5.32 Å². The number of nitrogens with one attached hydrogen (secondary N) is 1. The first-order chi connectivity index (χ1) is 7.58. The Balaban J connectivity index is 2.84. The lowest BCUT2D eigenvalue weighted by Crippen LogP contribution is -2.27. The summed E-state index contributed by atoms with van der Waals surface area (Å²) in [5.74, 6) is 0. The predicted molar refractivity (Wildman–Crippen MR) is 64.6 cm³/mol. The molecule has 0 radical (unpaired) electrons. The number of rotatable bonds is 5. The minimum atomic E-state index is -0.376. The van der Waals surface area contributed by atoms with Crippen LogP contribution in [-0.4, -0.2) is 17.5 Å². The summed E-state index contributed by atoms with van der Waals surface area (Å²) in [7, 11) is 0. The van der Waals surface area contributed by atoms with Crippen LogP contribution in [0.4, 0.5) is 11.4 Å². The highest BCUT2D eigenvalue weighted by atomic mass is 16.6. The zero-order chi connectivity index (χ0) is 12.1. The summed E-state index contributed by atoms with van der Waals surface area (Å²) in [5.41, 5.74) is 7.25. The minimum absolute atomic E-state index is 0.145. The molecule has 1 aromatic carbocycles. The molecule has 0 saturated carbocycles. The van der Waals surface area contributed by atoms with Crippen LogP contribution in [-0.2, 0) is 0 Å². The highest BCUT2D eigenvalue weighted by Crippen LogP contribution is 2.22. The third kappa shape index (κ3) is 2.93. The van der Waals surface area contributed by atoms with Crippen LogP contribution < -0.4 is 11.1 Å². The normalized spacial score (nSPS) is 12.2. The van der Waals surface area contributed by atoms with Gasteiger partial charge in [0.05, 0.1) is 4.92 Å². The van der Waals surface area contributed by atoms with E-state index in [1.165, 1.54) is 6.07 Å². The topological polar surface area (TPSA) is 81.2 Å². The van der Waals surface area contributed by atoms with E-state index in [-0.39, 0.29) is 16.7 Å². The minimum Gasteiger partial charge on any atom is -0.381 e. The number of benzene rings is 1. The maximum Gasteiger partial charge on any atom is 0.272 e. The first-order valence-electron chi connectivity index (χ1n) is 5.30. The standard InChI is InChI=1S/C11H17N3O2/c1-3-9(7-12)13-10-4-5-11(14(15)16)8(2)6-10/h4-6,9,13H,3,7,12H2,1-2H3. The lowest BCUT2D eigenvalue weighted by molar-refractivity contribution is -0.385. The van der Waals surface area contributed by atoms with Gasteiger partial charge in [-0.15, -0.1) is 0 Å². The van der Waals surface area contributed by atoms with Crippen LogP contribution in [0.3, 0.4) is 0 Å². The molecule has 3 N–H and O–H groups in total. The lowest BCUT2D eigenvalue weighted by atomic mass is 10.1. The number of hydrogen-bond donors (Lipinski definition) is 2. The van der Waals surface area contributed by atoms with E-state index in [9.17, 15) is 10.1 Å². The highest BCUT2D eigenvalue weighted by molar-refractivity contribution is 5.54. The van der Waals surface area contributed by atoms with Crippen LogP contribution in [0.2, 0.25) is 0 Å². The summed E-state index contributed by atoms with van der Waals surface area (Å²) in [6.45, 7) is 4.32. The van der Waals surface area contributed by atoms with Crippen LogP contribution in [0.25, 0.3) is 0 Å². The van der Waals surface area contributed by atoms with Gasteiger partial charge < -0.3 is 11.1 Å². The van der Waals surface area contributed by atoms with Gasteiger partial charge in [-0.2, -0.15) is 0 Å². The number of aryl methyl sites for hydroxylation is 1. The second-order valence-electron chi connectivity index (χ2n) is 3.74. The van der Waals surface area contributed by atoms with E-state index >= 15 is 0 Å². The second kappa shape index (κ2) is 5.46. The van der Waals surface area contributed by atoms with Crippen molar-refractivity contribution < 1.29 is 4.92 Å². The molecule has 1 unspecified atom stereocenters. The van der Waals surface area contributed by atoms with Gasteiger partial charge in [0.25, 0.3) is 5.69 Å². The SMILES string of the molecule is CCC(CN)Nc1ccc([N+](=O)[O-])c(C)c1. The number of nitrogens with zero attached hydrogens (tertiary/aromatic N) is 1. The Morgan fingerprint density at radius 2 is 2.25 bits per heavy atom. The summed E-state index contributed by atoms with van der Waals surface area (Å²) >= 11 is 0. The Bertz CT molecular complexity index is 375. The molecule has 1 atom stereocenters. The van der Waals surface area contributed by atoms with E-state index in [1.54, 1.807) is 19.1 Å². The van der Waals surface area contributed by atoms with Crippen LogP contribution in [0.1, 0.15) is 18.9 Å². The fraction of sp³-hybridized carbons (Fsp3) is 0.455. The van der Waals surface area contributed by atoms with Crippen molar-refractivity contribution in [1.82, 2.24) is 0 Å². The third-order valence-corrected chi connectivity index (χ3v) is 2.54. The summed E-state index contributed by atoms with van der Waals surface area (Å²) < 4.78 is 0. The van der Waals surface area contributed by atoms with Crippen molar-refractivity contribution in [2.75, 3.05) is 11.9 Å². The molecule has 0 amide bonds. The molecule has 0 spiro atoms. The van der Waals surface area contributed by atoms with Crippen molar-refractivity contribution in [3.63, 3.8) is 0 Å². The van der Waals surface area contributed by atoms with Gasteiger partial charge in [-0.05, 0) is 25.5 Å². The molecule has 1 aromatic rings. The third-order valence-electron chi connectivity index (χ3n) is 2.54. The number of hydrogen-bond acceptors (Lipinski definition) is 4. The molecule has 0 aliphatic carbocycles. The zero-order valence-electron chi connectivity index (χ0n) is 9.56. The number of anilines is 1. The average Bonchev–Trinajstić information content (AvgIpc) is 2.25. The van der Waals surface area contributed by atoms with E-state index in [1.807, 2.05) is 6.92 Å². The van der Waals surface area contributed by atoms with E-state index in [4.69, 9.17) is 5.73 Å². The molecule has 1 rings (SSSR count). The van der Waals surface area contributed by atoms with Crippen LogP contribution in [0.15, 0.2) is 18.2 Å². The molecule has 5 heteroatoms. The van der Waals surface area contributed by atoms with Crippen molar-refractivity contribution in [2.45, 2.75) is 26.3 Å². The van der Waals surface area contributed by atoms with Crippen LogP contribution in [0, 0.1) is 17.0 Å². The van der Waals surface area contributed by atoms with Gasteiger partial charge >= 0.3 is 0 Å². The molecule has 0 saturated heterocycles. The summed E-state index contributed by atoms with van der Waals surface area (Å²) in [5, 5.41) is 13.9. The molecule has 0 bridgehead atoms. The lowest BCUT2D eigenvalue weighted by Gasteiger charge is -2.16. The van der Waals surface area contributed by atoms with Crippen molar-refractivity contribution in [3.8, 4) is 0 Å². The van der Waals surface area contributed by atoms with Gasteiger partial charge in [0.15, 0.2) is 0 Å². The Kier molecular flexibility index (Phi) is 4.25. The molecule has 0 aromatic heterocycles. The number of nitro benzene ring substituents is 1. The van der Waals surface area contributed by atoms with E-state index in [0.717, 1.165) is 12.1 Å². The maximum absolute atomic E-state index is 10.6. The summed E-state index contributed by atoms with van der Waals surface area (Å²) in [4.78, 5) is 10.3. The monoisotopic (exact) mass is 223 g/mol. The average molecular weight is 223 g/mol. The summed E-state index contributed by atoms with van der Waals surface area (Å²) in [6, 6.07) is 5.21. The molecule has 0 heterocycles. The zero-order valence-corrected chi connectivity index (χ0v) is 9.56. The Morgan fingerprint density at radius 3 is 2.69 bits per heavy atom. The van der Waals surface area contributed by atoms with Gasteiger partial charge in [0.2, 0.25) is 0 Å². The van der Waals surface area contributed by atoms with Gasteiger partial charge in [-0.25, -0.2) is 0 Å².